The van der Waals surface area contributed by atoms with Gasteiger partial charge in [0.15, 0.2) is 0 Å². The van der Waals surface area contributed by atoms with Crippen molar-refractivity contribution in [3.63, 3.8) is 0 Å². The summed E-state index contributed by atoms with van der Waals surface area (Å²) in [5.41, 5.74) is 1.31. The maximum Gasteiger partial charge on any atom is 0.146 e. The number of nitrogens with one attached hydrogen (secondary N) is 1. The number of rotatable bonds is 4. The van der Waals surface area contributed by atoms with Crippen molar-refractivity contribution in [2.75, 3.05) is 14.2 Å². The van der Waals surface area contributed by atoms with Crippen molar-refractivity contribution in [3.05, 3.63) is 63.4 Å². The summed E-state index contributed by atoms with van der Waals surface area (Å²) in [6.45, 7) is 0. The molecule has 0 aliphatic carbocycles. The molecule has 0 heterocycles. The van der Waals surface area contributed by atoms with Crippen molar-refractivity contribution >= 4 is 23.2 Å². The Hall–Kier alpha value is -1.29. The average molecular weight is 314 g/mol. The first-order valence-corrected chi connectivity index (χ1v) is 6.78. The minimum atomic E-state index is -0.430. The van der Waals surface area contributed by atoms with Crippen LogP contribution in [0.15, 0.2) is 36.4 Å². The third-order valence-electron chi connectivity index (χ3n) is 3.09. The third kappa shape index (κ3) is 2.90. The molecule has 0 saturated carbocycles. The molecule has 2 aromatic carbocycles. The Morgan fingerprint density at radius 1 is 1.15 bits per heavy atom. The molecule has 5 heteroatoms. The smallest absolute Gasteiger partial charge is 0.146 e. The zero-order valence-electron chi connectivity index (χ0n) is 11.1. The summed E-state index contributed by atoms with van der Waals surface area (Å²) >= 11 is 11.9. The van der Waals surface area contributed by atoms with Crippen LogP contribution >= 0.6 is 23.2 Å². The summed E-state index contributed by atoms with van der Waals surface area (Å²) in [7, 11) is 3.30. The lowest BCUT2D eigenvalue weighted by Crippen LogP contribution is -2.19. The molecule has 106 valence electrons. The van der Waals surface area contributed by atoms with E-state index in [1.54, 1.807) is 38.4 Å². The van der Waals surface area contributed by atoms with E-state index in [-0.39, 0.29) is 11.1 Å². The Balaban J connectivity index is 2.47. The molecule has 1 unspecified atom stereocenters. The van der Waals surface area contributed by atoms with Crippen molar-refractivity contribution in [1.29, 1.82) is 0 Å². The molecule has 0 saturated heterocycles. The first-order valence-electron chi connectivity index (χ1n) is 6.03. The Bertz CT molecular complexity index is 619. The molecule has 2 nitrogen and oxygen atoms in total. The maximum absolute atomic E-state index is 14.1. The van der Waals surface area contributed by atoms with E-state index in [1.165, 1.54) is 6.07 Å². The minimum Gasteiger partial charge on any atom is -0.495 e. The zero-order valence-corrected chi connectivity index (χ0v) is 12.6. The second-order valence-electron chi connectivity index (χ2n) is 4.26. The highest BCUT2D eigenvalue weighted by atomic mass is 35.5. The van der Waals surface area contributed by atoms with Crippen LogP contribution in [-0.4, -0.2) is 14.2 Å². The van der Waals surface area contributed by atoms with E-state index < -0.39 is 5.82 Å². The molecule has 0 aromatic heterocycles. The lowest BCUT2D eigenvalue weighted by Gasteiger charge is -2.19. The Kier molecular flexibility index (Phi) is 4.86. The Labute approximate surface area is 127 Å². The van der Waals surface area contributed by atoms with Gasteiger partial charge in [-0.05, 0) is 30.8 Å². The van der Waals surface area contributed by atoms with Crippen LogP contribution in [0.25, 0.3) is 0 Å². The SMILES string of the molecule is CNC(c1ccc(OC)c(Cl)c1)c1cccc(Cl)c1F. The van der Waals surface area contributed by atoms with E-state index in [4.69, 9.17) is 27.9 Å². The Morgan fingerprint density at radius 3 is 2.50 bits per heavy atom. The number of halogens is 3. The van der Waals surface area contributed by atoms with Crippen LogP contribution in [0.4, 0.5) is 4.39 Å². The summed E-state index contributed by atoms with van der Waals surface area (Å²) < 4.78 is 19.3. The molecule has 0 amide bonds. The van der Waals surface area contributed by atoms with Gasteiger partial charge in [0, 0.05) is 5.56 Å². The fraction of sp³-hybridized carbons (Fsp3) is 0.200. The fourth-order valence-electron chi connectivity index (χ4n) is 2.11. The molecule has 0 aliphatic rings. The van der Waals surface area contributed by atoms with Gasteiger partial charge in [-0.2, -0.15) is 0 Å². The fourth-order valence-corrected chi connectivity index (χ4v) is 2.56. The molecular formula is C15H14Cl2FNO. The van der Waals surface area contributed by atoms with Gasteiger partial charge in [0.05, 0.1) is 23.2 Å². The van der Waals surface area contributed by atoms with Crippen LogP contribution in [0.2, 0.25) is 10.0 Å². The molecule has 0 radical (unpaired) electrons. The lowest BCUT2D eigenvalue weighted by molar-refractivity contribution is 0.414. The minimum absolute atomic E-state index is 0.0994. The largest absolute Gasteiger partial charge is 0.495 e. The van der Waals surface area contributed by atoms with Crippen molar-refractivity contribution in [2.45, 2.75) is 6.04 Å². The first kappa shape index (κ1) is 15.1. The number of hydrogen-bond donors (Lipinski definition) is 1. The van der Waals surface area contributed by atoms with Crippen molar-refractivity contribution in [1.82, 2.24) is 5.32 Å². The number of ether oxygens (including phenoxy) is 1. The van der Waals surface area contributed by atoms with Crippen LogP contribution in [0.1, 0.15) is 17.2 Å². The quantitative estimate of drug-likeness (QED) is 0.900. The van der Waals surface area contributed by atoms with Gasteiger partial charge in [0.25, 0.3) is 0 Å². The monoisotopic (exact) mass is 313 g/mol. The molecule has 0 fully saturated rings. The van der Waals surface area contributed by atoms with Crippen LogP contribution in [0.5, 0.6) is 5.75 Å². The number of benzene rings is 2. The number of methoxy groups -OCH3 is 1. The highest BCUT2D eigenvalue weighted by molar-refractivity contribution is 6.32. The van der Waals surface area contributed by atoms with Crippen LogP contribution in [-0.2, 0) is 0 Å². The Morgan fingerprint density at radius 2 is 1.90 bits per heavy atom. The van der Waals surface area contributed by atoms with Gasteiger partial charge in [0.1, 0.15) is 11.6 Å². The molecular weight excluding hydrogens is 300 g/mol. The van der Waals surface area contributed by atoms with Gasteiger partial charge in [-0.1, -0.05) is 41.4 Å². The average Bonchev–Trinajstić information content (AvgIpc) is 2.44. The second-order valence-corrected chi connectivity index (χ2v) is 5.07. The maximum atomic E-state index is 14.1. The van der Waals surface area contributed by atoms with Crippen molar-refractivity contribution in [2.24, 2.45) is 0 Å². The van der Waals surface area contributed by atoms with E-state index in [2.05, 4.69) is 5.32 Å². The summed E-state index contributed by atoms with van der Waals surface area (Å²) in [5.74, 6) is 0.150. The van der Waals surface area contributed by atoms with Gasteiger partial charge >= 0.3 is 0 Å². The molecule has 0 bridgehead atoms. The summed E-state index contributed by atoms with van der Waals surface area (Å²) in [6.07, 6.45) is 0. The molecule has 1 N–H and O–H groups in total. The molecule has 0 aliphatic heterocycles. The van der Waals surface area contributed by atoms with Gasteiger partial charge in [-0.3, -0.25) is 0 Å². The van der Waals surface area contributed by atoms with Crippen LogP contribution < -0.4 is 10.1 Å². The highest BCUT2D eigenvalue weighted by Crippen LogP contribution is 2.32. The lowest BCUT2D eigenvalue weighted by atomic mass is 9.98. The highest BCUT2D eigenvalue weighted by Gasteiger charge is 2.18. The third-order valence-corrected chi connectivity index (χ3v) is 3.68. The number of hydrogen-bond acceptors (Lipinski definition) is 2. The second kappa shape index (κ2) is 6.44. The zero-order chi connectivity index (χ0) is 14.7. The van der Waals surface area contributed by atoms with E-state index in [1.807, 2.05) is 6.07 Å². The standard InChI is InChI=1S/C15H14Cl2FNO/c1-19-15(10-4-3-5-11(16)14(10)18)9-6-7-13(20-2)12(17)8-9/h3-8,15,19H,1-2H3. The van der Waals surface area contributed by atoms with E-state index in [0.29, 0.717) is 16.3 Å². The predicted molar refractivity (Wildman–Crippen MR) is 80.3 cm³/mol. The van der Waals surface area contributed by atoms with E-state index >= 15 is 0 Å². The van der Waals surface area contributed by atoms with E-state index in [0.717, 1.165) is 5.56 Å². The molecule has 2 rings (SSSR count). The molecule has 1 atom stereocenters. The topological polar surface area (TPSA) is 21.3 Å². The normalized spacial score (nSPS) is 12.2. The summed E-state index contributed by atoms with van der Waals surface area (Å²) in [4.78, 5) is 0. The van der Waals surface area contributed by atoms with Gasteiger partial charge in [0.2, 0.25) is 0 Å². The van der Waals surface area contributed by atoms with Crippen molar-refractivity contribution < 1.29 is 9.13 Å². The predicted octanol–water partition coefficient (Wildman–Crippen LogP) is 4.45. The van der Waals surface area contributed by atoms with Crippen molar-refractivity contribution in [3.8, 4) is 5.75 Å². The molecule has 2 aromatic rings. The molecule has 20 heavy (non-hydrogen) atoms. The summed E-state index contributed by atoms with van der Waals surface area (Å²) in [6, 6.07) is 9.95. The summed E-state index contributed by atoms with van der Waals surface area (Å²) in [5, 5.41) is 3.65. The van der Waals surface area contributed by atoms with Crippen LogP contribution in [0, 0.1) is 5.82 Å². The molecule has 0 spiro atoms. The van der Waals surface area contributed by atoms with Gasteiger partial charge in [-0.15, -0.1) is 0 Å². The van der Waals surface area contributed by atoms with Gasteiger partial charge < -0.3 is 10.1 Å². The first-order chi connectivity index (χ1) is 9.58. The van der Waals surface area contributed by atoms with E-state index in [9.17, 15) is 4.39 Å². The van der Waals surface area contributed by atoms with Gasteiger partial charge in [-0.25, -0.2) is 4.39 Å². The van der Waals surface area contributed by atoms with Crippen LogP contribution in [0.3, 0.4) is 0 Å².